The molecule has 0 radical (unpaired) electrons. The van der Waals surface area contributed by atoms with Crippen LogP contribution in [0.2, 0.25) is 0 Å². The van der Waals surface area contributed by atoms with Crippen molar-refractivity contribution >= 4 is 17.5 Å². The van der Waals surface area contributed by atoms with Gasteiger partial charge in [0.2, 0.25) is 5.91 Å². The van der Waals surface area contributed by atoms with Crippen molar-refractivity contribution in [1.82, 2.24) is 20.0 Å². The Morgan fingerprint density at radius 3 is 2.46 bits per heavy atom. The van der Waals surface area contributed by atoms with Gasteiger partial charge in [-0.25, -0.2) is 4.68 Å². The fourth-order valence-corrected chi connectivity index (χ4v) is 4.48. The molecule has 1 aromatic heterocycles. The second-order valence-electron chi connectivity index (χ2n) is 8.78. The lowest BCUT2D eigenvalue weighted by Crippen LogP contribution is -2.38. The monoisotopic (exact) mass is 465 g/mol. The molecular weight excluding hydrogens is 438 g/mol. The molecule has 2 amide bonds. The Morgan fingerprint density at radius 2 is 1.71 bits per heavy atom. The summed E-state index contributed by atoms with van der Waals surface area (Å²) < 4.78 is 1.77. The summed E-state index contributed by atoms with van der Waals surface area (Å²) in [5, 5.41) is 7.39. The van der Waals surface area contributed by atoms with E-state index >= 15 is 0 Å². The van der Waals surface area contributed by atoms with Crippen molar-refractivity contribution in [1.29, 1.82) is 0 Å². The number of benzene rings is 3. The highest BCUT2D eigenvalue weighted by molar-refractivity contribution is 6.04. The number of anilines is 1. The maximum atomic E-state index is 13.5. The molecule has 0 bridgehead atoms. The predicted octanol–water partition coefficient (Wildman–Crippen LogP) is 3.95. The molecule has 1 aliphatic heterocycles. The van der Waals surface area contributed by atoms with E-state index < -0.39 is 6.04 Å². The predicted molar refractivity (Wildman–Crippen MR) is 135 cm³/mol. The van der Waals surface area contributed by atoms with Crippen LogP contribution in [0.3, 0.4) is 0 Å². The van der Waals surface area contributed by atoms with Crippen LogP contribution >= 0.6 is 0 Å². The number of aromatic nitrogens is 2. The smallest absolute Gasteiger partial charge is 0.255 e. The second-order valence-corrected chi connectivity index (χ2v) is 8.78. The first-order valence-corrected chi connectivity index (χ1v) is 11.5. The highest BCUT2D eigenvalue weighted by Gasteiger charge is 2.41. The minimum atomic E-state index is -0.703. The highest BCUT2D eigenvalue weighted by Crippen LogP contribution is 2.35. The summed E-state index contributed by atoms with van der Waals surface area (Å²) in [5.41, 5.74) is 5.18. The number of hydrogen-bond acceptors (Lipinski definition) is 4. The third-order valence-corrected chi connectivity index (χ3v) is 6.31. The molecule has 7 nitrogen and oxygen atoms in total. The third-order valence-electron chi connectivity index (χ3n) is 6.31. The van der Waals surface area contributed by atoms with Crippen LogP contribution in [0.1, 0.15) is 33.1 Å². The number of rotatable bonds is 7. The first-order valence-electron chi connectivity index (χ1n) is 11.5. The van der Waals surface area contributed by atoms with E-state index in [4.69, 9.17) is 0 Å². The van der Waals surface area contributed by atoms with Crippen LogP contribution in [0, 0.1) is 0 Å². The zero-order valence-electron chi connectivity index (χ0n) is 19.8. The molecule has 35 heavy (non-hydrogen) atoms. The van der Waals surface area contributed by atoms with Crippen LogP contribution in [0.5, 0.6) is 0 Å². The lowest BCUT2D eigenvalue weighted by Gasteiger charge is -2.26. The van der Waals surface area contributed by atoms with Crippen molar-refractivity contribution in [3.63, 3.8) is 0 Å². The lowest BCUT2D eigenvalue weighted by molar-refractivity contribution is -0.125. The summed E-state index contributed by atoms with van der Waals surface area (Å²) in [6.07, 6.45) is 3.58. The van der Waals surface area contributed by atoms with Gasteiger partial charge in [0, 0.05) is 50.8 Å². The van der Waals surface area contributed by atoms with Gasteiger partial charge in [0.05, 0.1) is 5.69 Å². The van der Waals surface area contributed by atoms with Gasteiger partial charge in [-0.15, -0.1) is 0 Å². The Bertz CT molecular complexity index is 1350. The van der Waals surface area contributed by atoms with E-state index in [1.54, 1.807) is 21.8 Å². The van der Waals surface area contributed by atoms with Gasteiger partial charge in [0.1, 0.15) is 6.04 Å². The number of nitrogens with zero attached hydrogens (tertiary/aromatic N) is 4. The van der Waals surface area contributed by atoms with Gasteiger partial charge in [0.15, 0.2) is 0 Å². The number of nitrogens with one attached hydrogen (secondary N) is 1. The Labute approximate surface area is 204 Å². The van der Waals surface area contributed by atoms with Gasteiger partial charge >= 0.3 is 0 Å². The van der Waals surface area contributed by atoms with Crippen LogP contribution in [-0.2, 0) is 17.9 Å². The van der Waals surface area contributed by atoms with E-state index in [1.807, 2.05) is 98.0 Å². The highest BCUT2D eigenvalue weighted by atomic mass is 16.2. The van der Waals surface area contributed by atoms with Gasteiger partial charge in [0.25, 0.3) is 5.91 Å². The van der Waals surface area contributed by atoms with Crippen molar-refractivity contribution in [2.45, 2.75) is 19.1 Å². The minimum absolute atomic E-state index is 0.147. The Kier molecular flexibility index (Phi) is 6.06. The average Bonchev–Trinajstić information content (AvgIpc) is 3.51. The molecule has 1 unspecified atom stereocenters. The molecule has 2 heterocycles. The molecule has 1 aliphatic rings. The molecule has 1 N–H and O–H groups in total. The molecule has 0 saturated carbocycles. The summed E-state index contributed by atoms with van der Waals surface area (Å²) in [4.78, 5) is 30.6. The fraction of sp³-hybridized carbons (Fsp3) is 0.179. The summed E-state index contributed by atoms with van der Waals surface area (Å²) in [6.45, 7) is 0.677. The number of amides is 2. The van der Waals surface area contributed by atoms with Crippen molar-refractivity contribution in [3.8, 4) is 5.69 Å². The number of carbonyl (C=O) groups is 2. The number of hydrogen-bond donors (Lipinski definition) is 1. The first-order chi connectivity index (χ1) is 17.0. The van der Waals surface area contributed by atoms with E-state index in [2.05, 4.69) is 10.4 Å². The summed E-state index contributed by atoms with van der Waals surface area (Å²) >= 11 is 0. The molecule has 5 rings (SSSR count). The molecule has 3 aromatic carbocycles. The van der Waals surface area contributed by atoms with E-state index in [0.717, 1.165) is 28.1 Å². The molecule has 0 aliphatic carbocycles. The molecule has 4 aromatic rings. The first kappa shape index (κ1) is 22.4. The molecular formula is C28H27N5O2. The Morgan fingerprint density at radius 1 is 0.971 bits per heavy atom. The molecule has 1 atom stereocenters. The Balaban J connectivity index is 1.41. The fourth-order valence-electron chi connectivity index (χ4n) is 4.48. The normalized spacial score (nSPS) is 14.6. The maximum Gasteiger partial charge on any atom is 0.255 e. The number of carbonyl (C=O) groups excluding carboxylic acids is 2. The quantitative estimate of drug-likeness (QED) is 0.449. The molecule has 176 valence electrons. The lowest BCUT2D eigenvalue weighted by atomic mass is 10.0. The topological polar surface area (TPSA) is 70.5 Å². The van der Waals surface area contributed by atoms with Crippen molar-refractivity contribution in [3.05, 3.63) is 114 Å². The van der Waals surface area contributed by atoms with E-state index in [9.17, 15) is 9.59 Å². The second kappa shape index (κ2) is 9.46. The molecule has 0 spiro atoms. The van der Waals surface area contributed by atoms with Gasteiger partial charge in [-0.3, -0.25) is 9.59 Å². The average molecular weight is 466 g/mol. The van der Waals surface area contributed by atoms with Crippen LogP contribution in [0.25, 0.3) is 5.69 Å². The van der Waals surface area contributed by atoms with Crippen LogP contribution in [0.15, 0.2) is 91.3 Å². The summed E-state index contributed by atoms with van der Waals surface area (Å²) in [6, 6.07) is 24.4. The van der Waals surface area contributed by atoms with Crippen molar-refractivity contribution < 1.29 is 9.59 Å². The van der Waals surface area contributed by atoms with E-state index in [0.29, 0.717) is 18.7 Å². The zero-order valence-corrected chi connectivity index (χ0v) is 19.8. The number of para-hydroxylation sites is 1. The third kappa shape index (κ3) is 4.40. The summed E-state index contributed by atoms with van der Waals surface area (Å²) in [7, 11) is 3.98. The maximum absolute atomic E-state index is 13.5. The molecule has 0 fully saturated rings. The van der Waals surface area contributed by atoms with Crippen molar-refractivity contribution in [2.75, 3.05) is 19.0 Å². The van der Waals surface area contributed by atoms with Gasteiger partial charge in [-0.1, -0.05) is 48.5 Å². The van der Waals surface area contributed by atoms with Crippen LogP contribution < -0.4 is 10.2 Å². The zero-order chi connectivity index (χ0) is 24.4. The van der Waals surface area contributed by atoms with Gasteiger partial charge in [-0.05, 0) is 47.0 Å². The van der Waals surface area contributed by atoms with Gasteiger partial charge in [-0.2, -0.15) is 5.10 Å². The SMILES string of the molecule is CN(C)c1ccc(CNC(=O)C2c3ccccc3C(=O)N2Cc2ccccc2-n2cccn2)cc1. The van der Waals surface area contributed by atoms with E-state index in [-0.39, 0.29) is 11.8 Å². The standard InChI is InChI=1S/C28H27N5O2/c1-31(2)22-14-12-20(13-15-22)18-29-27(34)26-23-9-4-5-10-24(23)28(35)32(26)19-21-8-3-6-11-25(21)33-17-7-16-30-33/h3-17,26H,18-19H2,1-2H3,(H,29,34). The summed E-state index contributed by atoms with van der Waals surface area (Å²) in [5.74, 6) is -0.345. The minimum Gasteiger partial charge on any atom is -0.378 e. The van der Waals surface area contributed by atoms with Crippen molar-refractivity contribution in [2.24, 2.45) is 0 Å². The molecule has 7 heteroatoms. The largest absolute Gasteiger partial charge is 0.378 e. The van der Waals surface area contributed by atoms with E-state index in [1.165, 1.54) is 0 Å². The Hall–Kier alpha value is -4.39. The van der Waals surface area contributed by atoms with Crippen LogP contribution in [0.4, 0.5) is 5.69 Å². The van der Waals surface area contributed by atoms with Crippen LogP contribution in [-0.4, -0.2) is 40.6 Å². The number of fused-ring (bicyclic) bond motifs is 1. The molecule has 0 saturated heterocycles. The van der Waals surface area contributed by atoms with Gasteiger partial charge < -0.3 is 15.1 Å².